The second-order valence-corrected chi connectivity index (χ2v) is 6.23. The van der Waals surface area contributed by atoms with Crippen LogP contribution in [0, 0.1) is 17.5 Å². The van der Waals surface area contributed by atoms with Gasteiger partial charge in [-0.3, -0.25) is 4.79 Å². The third kappa shape index (κ3) is 3.53. The summed E-state index contributed by atoms with van der Waals surface area (Å²) in [5.74, 6) is -6.76. The molecule has 1 N–H and O–H groups in total. The maximum absolute atomic E-state index is 13.7. The molecule has 0 aliphatic heterocycles. The molecular formula is C12H14F3NO4S. The van der Waals surface area contributed by atoms with Crippen LogP contribution in [0.15, 0.2) is 17.0 Å². The van der Waals surface area contributed by atoms with E-state index in [2.05, 4.69) is 0 Å². The SMILES string of the molecule is CCC(C)N(CC(=O)O)S(=O)(=O)c1ccc(F)c(F)c1F. The molecule has 0 fully saturated rings. The van der Waals surface area contributed by atoms with Gasteiger partial charge in [-0.2, -0.15) is 4.31 Å². The molecule has 1 atom stereocenters. The molecule has 1 unspecified atom stereocenters. The van der Waals surface area contributed by atoms with Crippen molar-refractivity contribution in [1.29, 1.82) is 0 Å². The van der Waals surface area contributed by atoms with Gasteiger partial charge in [0, 0.05) is 6.04 Å². The first-order valence-electron chi connectivity index (χ1n) is 6.00. The first-order chi connectivity index (χ1) is 9.62. The van der Waals surface area contributed by atoms with Crippen molar-refractivity contribution in [3.05, 3.63) is 29.6 Å². The van der Waals surface area contributed by atoms with Crippen molar-refractivity contribution in [2.24, 2.45) is 0 Å². The van der Waals surface area contributed by atoms with E-state index in [9.17, 15) is 26.4 Å². The average Bonchev–Trinajstić information content (AvgIpc) is 2.40. The predicted molar refractivity (Wildman–Crippen MR) is 67.6 cm³/mol. The molecule has 1 rings (SSSR count). The predicted octanol–water partition coefficient (Wildman–Crippen LogP) is 1.98. The number of benzene rings is 1. The van der Waals surface area contributed by atoms with Crippen molar-refractivity contribution in [2.45, 2.75) is 31.2 Å². The smallest absolute Gasteiger partial charge is 0.318 e. The molecule has 118 valence electrons. The van der Waals surface area contributed by atoms with Gasteiger partial charge in [-0.1, -0.05) is 6.92 Å². The number of hydrogen-bond acceptors (Lipinski definition) is 3. The van der Waals surface area contributed by atoms with Crippen LogP contribution in [0.2, 0.25) is 0 Å². The summed E-state index contributed by atoms with van der Waals surface area (Å²) in [7, 11) is -4.61. The summed E-state index contributed by atoms with van der Waals surface area (Å²) in [5, 5.41) is 8.77. The van der Waals surface area contributed by atoms with Crippen LogP contribution in [0.25, 0.3) is 0 Å². The van der Waals surface area contributed by atoms with Gasteiger partial charge >= 0.3 is 5.97 Å². The molecule has 0 spiro atoms. The summed E-state index contributed by atoms with van der Waals surface area (Å²) in [5.41, 5.74) is 0. The van der Waals surface area contributed by atoms with E-state index >= 15 is 0 Å². The molecule has 0 aromatic heterocycles. The molecule has 9 heteroatoms. The lowest BCUT2D eigenvalue weighted by Gasteiger charge is -2.26. The molecule has 0 amide bonds. The Labute approximate surface area is 120 Å². The summed E-state index contributed by atoms with van der Waals surface area (Å²) < 4.78 is 64.8. The molecule has 1 aromatic rings. The van der Waals surface area contributed by atoms with Gasteiger partial charge in [-0.25, -0.2) is 21.6 Å². The normalized spacial score (nSPS) is 13.4. The number of rotatable bonds is 6. The van der Waals surface area contributed by atoms with Crippen molar-refractivity contribution in [1.82, 2.24) is 4.31 Å². The maximum atomic E-state index is 13.7. The molecular weight excluding hydrogens is 311 g/mol. The van der Waals surface area contributed by atoms with Crippen LogP contribution in [0.1, 0.15) is 20.3 Å². The average molecular weight is 325 g/mol. The van der Waals surface area contributed by atoms with E-state index in [4.69, 9.17) is 5.11 Å². The number of carboxylic acids is 1. The van der Waals surface area contributed by atoms with Gasteiger partial charge in [0.15, 0.2) is 17.5 Å². The third-order valence-corrected chi connectivity index (χ3v) is 4.94. The lowest BCUT2D eigenvalue weighted by Crippen LogP contribution is -2.42. The molecule has 0 aliphatic rings. The van der Waals surface area contributed by atoms with Crippen molar-refractivity contribution in [2.75, 3.05) is 6.54 Å². The van der Waals surface area contributed by atoms with Crippen molar-refractivity contribution >= 4 is 16.0 Å². The van der Waals surface area contributed by atoms with Gasteiger partial charge in [0.25, 0.3) is 0 Å². The number of carboxylic acid groups (broad SMARTS) is 1. The fourth-order valence-corrected chi connectivity index (χ4v) is 3.36. The topological polar surface area (TPSA) is 74.7 Å². The van der Waals surface area contributed by atoms with Gasteiger partial charge in [0.05, 0.1) is 0 Å². The number of halogens is 3. The largest absolute Gasteiger partial charge is 0.480 e. The van der Waals surface area contributed by atoms with Crippen LogP contribution >= 0.6 is 0 Å². The lowest BCUT2D eigenvalue weighted by atomic mass is 10.2. The van der Waals surface area contributed by atoms with E-state index < -0.39 is 50.9 Å². The molecule has 1 aromatic carbocycles. The Balaban J connectivity index is 3.42. The van der Waals surface area contributed by atoms with E-state index in [1.165, 1.54) is 6.92 Å². The first-order valence-corrected chi connectivity index (χ1v) is 7.44. The second-order valence-electron chi connectivity index (χ2n) is 4.37. The Morgan fingerprint density at radius 2 is 1.86 bits per heavy atom. The Morgan fingerprint density at radius 3 is 2.33 bits per heavy atom. The molecule has 21 heavy (non-hydrogen) atoms. The number of hydrogen-bond donors (Lipinski definition) is 1. The zero-order valence-electron chi connectivity index (χ0n) is 11.3. The fraction of sp³-hybridized carbons (Fsp3) is 0.417. The fourth-order valence-electron chi connectivity index (χ4n) is 1.65. The highest BCUT2D eigenvalue weighted by atomic mass is 32.2. The quantitative estimate of drug-likeness (QED) is 0.812. The van der Waals surface area contributed by atoms with Crippen LogP contribution < -0.4 is 0 Å². The highest BCUT2D eigenvalue weighted by Crippen LogP contribution is 2.25. The van der Waals surface area contributed by atoms with Gasteiger partial charge in [-0.05, 0) is 25.5 Å². The molecule has 0 bridgehead atoms. The zero-order valence-corrected chi connectivity index (χ0v) is 12.1. The first kappa shape index (κ1) is 17.4. The summed E-state index contributed by atoms with van der Waals surface area (Å²) in [6.07, 6.45) is 0.262. The van der Waals surface area contributed by atoms with Gasteiger partial charge < -0.3 is 5.11 Å². The summed E-state index contributed by atoms with van der Waals surface area (Å²) in [6, 6.07) is 0.292. The van der Waals surface area contributed by atoms with Gasteiger partial charge in [-0.15, -0.1) is 0 Å². The van der Waals surface area contributed by atoms with Crippen LogP contribution in [0.4, 0.5) is 13.2 Å². The van der Waals surface area contributed by atoms with Crippen LogP contribution in [-0.2, 0) is 14.8 Å². The standard InChI is InChI=1S/C12H14F3NO4S/c1-3-7(2)16(6-10(17)18)21(19,20)9-5-4-8(13)11(14)12(9)15/h4-5,7H,3,6H2,1-2H3,(H,17,18). The Morgan fingerprint density at radius 1 is 1.29 bits per heavy atom. The third-order valence-electron chi connectivity index (χ3n) is 2.96. The number of nitrogens with zero attached hydrogens (tertiary/aromatic N) is 1. The van der Waals surface area contributed by atoms with Crippen molar-refractivity contribution in [3.8, 4) is 0 Å². The van der Waals surface area contributed by atoms with Gasteiger partial charge in [0.2, 0.25) is 10.0 Å². The van der Waals surface area contributed by atoms with E-state index in [1.807, 2.05) is 0 Å². The molecule has 0 radical (unpaired) electrons. The van der Waals surface area contributed by atoms with E-state index in [-0.39, 0.29) is 6.42 Å². The number of carbonyl (C=O) groups is 1. The Bertz CT molecular complexity index is 648. The molecule has 0 saturated carbocycles. The van der Waals surface area contributed by atoms with E-state index in [1.54, 1.807) is 6.92 Å². The summed E-state index contributed by atoms with van der Waals surface area (Å²) >= 11 is 0. The minimum atomic E-state index is -4.61. The molecule has 5 nitrogen and oxygen atoms in total. The van der Waals surface area contributed by atoms with E-state index in [0.29, 0.717) is 16.4 Å². The van der Waals surface area contributed by atoms with Crippen LogP contribution in [0.5, 0.6) is 0 Å². The lowest BCUT2D eigenvalue weighted by molar-refractivity contribution is -0.137. The minimum absolute atomic E-state index is 0.262. The molecule has 0 aliphatic carbocycles. The van der Waals surface area contributed by atoms with Crippen molar-refractivity contribution < 1.29 is 31.5 Å². The Kier molecular flexibility index (Phi) is 5.35. The maximum Gasteiger partial charge on any atom is 0.318 e. The second kappa shape index (κ2) is 6.44. The van der Waals surface area contributed by atoms with Gasteiger partial charge in [0.1, 0.15) is 11.4 Å². The summed E-state index contributed by atoms with van der Waals surface area (Å²) in [4.78, 5) is 9.69. The van der Waals surface area contributed by atoms with E-state index in [0.717, 1.165) is 0 Å². The highest BCUT2D eigenvalue weighted by molar-refractivity contribution is 7.89. The Hall–Kier alpha value is -1.61. The molecule has 0 saturated heterocycles. The summed E-state index contributed by atoms with van der Waals surface area (Å²) in [6.45, 7) is 2.13. The monoisotopic (exact) mass is 325 g/mol. The molecule has 0 heterocycles. The van der Waals surface area contributed by atoms with Crippen LogP contribution in [0.3, 0.4) is 0 Å². The number of sulfonamides is 1. The number of aliphatic carboxylic acids is 1. The minimum Gasteiger partial charge on any atom is -0.480 e. The van der Waals surface area contributed by atoms with Crippen molar-refractivity contribution in [3.63, 3.8) is 0 Å². The van der Waals surface area contributed by atoms with Crippen LogP contribution in [-0.4, -0.2) is 36.4 Å². The highest BCUT2D eigenvalue weighted by Gasteiger charge is 2.34. The zero-order chi connectivity index (χ0) is 16.4.